The molecular formula is C120H74N6OS. The van der Waals surface area contributed by atoms with Crippen molar-refractivity contribution in [1.29, 1.82) is 0 Å². The van der Waals surface area contributed by atoms with Crippen LogP contribution in [0.4, 0.5) is 0 Å². The summed E-state index contributed by atoms with van der Waals surface area (Å²) in [6, 6.07) is 163. The molecular weight excluding hydrogens is 1570 g/mol. The van der Waals surface area contributed by atoms with Gasteiger partial charge in [0.1, 0.15) is 11.2 Å². The van der Waals surface area contributed by atoms with E-state index in [1.165, 1.54) is 86.8 Å². The van der Waals surface area contributed by atoms with E-state index in [9.17, 15) is 0 Å². The molecule has 0 spiro atoms. The first kappa shape index (κ1) is 74.1. The van der Waals surface area contributed by atoms with Crippen molar-refractivity contribution in [2.45, 2.75) is 10.8 Å². The van der Waals surface area contributed by atoms with Crippen molar-refractivity contribution in [1.82, 2.24) is 29.9 Å². The van der Waals surface area contributed by atoms with E-state index in [1.54, 1.807) is 0 Å². The van der Waals surface area contributed by atoms with Gasteiger partial charge in [0.2, 0.25) is 0 Å². The zero-order valence-corrected chi connectivity index (χ0v) is 70.0. The van der Waals surface area contributed by atoms with E-state index in [2.05, 4.69) is 419 Å². The molecule has 0 aliphatic heterocycles. The topological polar surface area (TPSA) is 90.5 Å². The van der Waals surface area contributed by atoms with Crippen molar-refractivity contribution in [3.63, 3.8) is 0 Å². The number of nitrogens with zero attached hydrogens (tertiary/aromatic N) is 6. The van der Waals surface area contributed by atoms with Crippen molar-refractivity contribution in [3.05, 3.63) is 493 Å². The summed E-state index contributed by atoms with van der Waals surface area (Å²) in [5, 5.41) is 6.75. The van der Waals surface area contributed by atoms with Crippen LogP contribution < -0.4 is 0 Å². The number of hydrogen-bond donors (Lipinski definition) is 0. The largest absolute Gasteiger partial charge is 0.456 e. The molecule has 8 heteroatoms. The summed E-state index contributed by atoms with van der Waals surface area (Å²) in [5.41, 5.74) is 31.0. The Morgan fingerprint density at radius 1 is 0.180 bits per heavy atom. The minimum Gasteiger partial charge on any atom is -0.456 e. The Balaban J connectivity index is 0.590. The molecule has 0 radical (unpaired) electrons. The lowest BCUT2D eigenvalue weighted by Crippen LogP contribution is -2.28. The molecule has 1 unspecified atom stereocenters. The number of rotatable bonds is 15. The van der Waals surface area contributed by atoms with E-state index in [0.717, 1.165) is 122 Å². The third-order valence-corrected chi connectivity index (χ3v) is 27.5. The maximum atomic E-state index is 7.24. The van der Waals surface area contributed by atoms with Crippen molar-refractivity contribution >= 4 is 64.2 Å². The summed E-state index contributed by atoms with van der Waals surface area (Å²) in [6.45, 7) is 0. The van der Waals surface area contributed by atoms with Crippen LogP contribution in [0, 0.1) is 0 Å². The van der Waals surface area contributed by atoms with Crippen molar-refractivity contribution in [2.24, 2.45) is 0 Å². The number of thiophene rings is 1. The SMILES string of the molecule is c1ccc(-c2ccc(-c3nc(-c4cccc(-c5ccccc5)c4)nc(-c4ccccc4-c4cccc5oc6cc(C7(c8ccccc8)c8ccccc8-c8cc(-c9cccc(C%10(c%11ccc%12sc%13ccc(-c%14cccc(-c%15nc(-c%16ccccc%16)nc(-c%16ccc%17ccccc%17c%16)n%15)c%14)cc%13c%12c%11)c%11ccccc%11-c%11ccccc%11%10)c9)ccc87)ccc6c45)n3)cc2)cc1. The first-order chi connectivity index (χ1) is 63.4. The summed E-state index contributed by atoms with van der Waals surface area (Å²) in [5.74, 6) is 3.61. The van der Waals surface area contributed by atoms with Crippen LogP contribution in [0.2, 0.25) is 0 Å². The van der Waals surface area contributed by atoms with Gasteiger partial charge in [-0.15, -0.1) is 11.3 Å². The van der Waals surface area contributed by atoms with Gasteiger partial charge in [-0.25, -0.2) is 29.9 Å². The van der Waals surface area contributed by atoms with Crippen LogP contribution in [0.15, 0.2) is 453 Å². The predicted octanol–water partition coefficient (Wildman–Crippen LogP) is 30.5. The Labute approximate surface area is 743 Å². The van der Waals surface area contributed by atoms with Crippen LogP contribution in [-0.4, -0.2) is 29.9 Å². The maximum Gasteiger partial charge on any atom is 0.164 e. The van der Waals surface area contributed by atoms with Crippen LogP contribution in [0.5, 0.6) is 0 Å². The molecule has 0 fully saturated rings. The Kier molecular flexibility index (Phi) is 17.5. The van der Waals surface area contributed by atoms with Gasteiger partial charge in [0.05, 0.1) is 10.8 Å². The monoisotopic (exact) mass is 1650 g/mol. The molecule has 19 aromatic carbocycles. The highest BCUT2D eigenvalue weighted by atomic mass is 32.1. The lowest BCUT2D eigenvalue weighted by atomic mass is 9.67. The lowest BCUT2D eigenvalue weighted by molar-refractivity contribution is 0.665. The molecule has 2 aliphatic carbocycles. The van der Waals surface area contributed by atoms with Gasteiger partial charge in [0, 0.05) is 64.3 Å². The van der Waals surface area contributed by atoms with Crippen molar-refractivity contribution in [3.8, 4) is 146 Å². The third-order valence-electron chi connectivity index (χ3n) is 26.4. The summed E-state index contributed by atoms with van der Waals surface area (Å²) in [4.78, 5) is 31.6. The quantitative estimate of drug-likeness (QED) is 0.101. The average molecular weight is 1650 g/mol. The zero-order valence-electron chi connectivity index (χ0n) is 69.2. The van der Waals surface area contributed by atoms with Gasteiger partial charge in [0.15, 0.2) is 34.9 Å². The van der Waals surface area contributed by atoms with Crippen LogP contribution in [0.25, 0.3) is 199 Å². The standard InChI is InChI=1S/C120H74N6OS/c1-5-27-75(28-6-1)78-53-56-80(57-54-78)114-123-116(87-38-23-35-82(67-87)76-29-7-2-8-30-76)126-118(125-114)99-47-16-15-43-94(99)98-48-26-52-108-112(98)100-63-61-93(74-109(100)127-108)119(90-40-11-4-12-41-90)106-51-22-19-46-97(106)101-71-85(59-64-107(101)119)84-37-25-42-91(70-84)120(104-49-20-17-44-95(104)96-45-18-21-50-105(96)120)92-62-66-111-103(73-92)102-72-86(60-65-110(102)128-111)83-36-24-39-88(69-83)115-121-113(79-32-9-3-10-33-79)122-117(124-115)89-58-55-77-31-13-14-34-81(77)68-89/h1-74H. The maximum absolute atomic E-state index is 7.24. The number of benzene rings is 19. The summed E-state index contributed by atoms with van der Waals surface area (Å²) < 4.78 is 9.70. The van der Waals surface area contributed by atoms with Crippen molar-refractivity contribution < 1.29 is 4.42 Å². The first-order valence-electron chi connectivity index (χ1n) is 43.5. The molecule has 0 amide bonds. The molecule has 0 saturated heterocycles. The molecule has 0 bridgehead atoms. The minimum absolute atomic E-state index is 0.569. The molecule has 2 aliphatic rings. The second kappa shape index (κ2) is 30.2. The summed E-state index contributed by atoms with van der Waals surface area (Å²) >= 11 is 1.85. The molecule has 4 heterocycles. The average Bonchev–Trinajstić information content (AvgIpc) is 1.53. The highest BCUT2D eigenvalue weighted by Crippen LogP contribution is 2.60. The van der Waals surface area contributed by atoms with Crippen molar-refractivity contribution in [2.75, 3.05) is 0 Å². The number of aromatic nitrogens is 6. The molecule has 7 nitrogen and oxygen atoms in total. The van der Waals surface area contributed by atoms with E-state index >= 15 is 0 Å². The van der Waals surface area contributed by atoms with E-state index < -0.39 is 10.8 Å². The normalized spacial score (nSPS) is 13.6. The van der Waals surface area contributed by atoms with Gasteiger partial charge in [-0.3, -0.25) is 0 Å². The zero-order chi connectivity index (χ0) is 84.4. The van der Waals surface area contributed by atoms with Gasteiger partial charge in [-0.05, 0) is 200 Å². The van der Waals surface area contributed by atoms with Crippen LogP contribution >= 0.6 is 11.3 Å². The smallest absolute Gasteiger partial charge is 0.164 e. The van der Waals surface area contributed by atoms with Gasteiger partial charge >= 0.3 is 0 Å². The van der Waals surface area contributed by atoms with Gasteiger partial charge in [-0.2, -0.15) is 0 Å². The lowest BCUT2D eigenvalue weighted by Gasteiger charge is -2.34. The first-order valence-corrected chi connectivity index (χ1v) is 44.3. The number of fused-ring (bicyclic) bond motifs is 13. The highest BCUT2D eigenvalue weighted by molar-refractivity contribution is 7.25. The van der Waals surface area contributed by atoms with Gasteiger partial charge in [-0.1, -0.05) is 382 Å². The fraction of sp³-hybridized carbons (Fsp3) is 0.0167. The van der Waals surface area contributed by atoms with Gasteiger partial charge < -0.3 is 4.42 Å². The molecule has 1 atom stereocenters. The minimum atomic E-state index is -0.741. The highest BCUT2D eigenvalue weighted by Gasteiger charge is 2.48. The Hall–Kier alpha value is -16.5. The molecule has 0 saturated carbocycles. The van der Waals surface area contributed by atoms with Crippen LogP contribution in [-0.2, 0) is 10.8 Å². The molecule has 4 aromatic heterocycles. The van der Waals surface area contributed by atoms with Crippen LogP contribution in [0.1, 0.15) is 44.5 Å². The number of hydrogen-bond acceptors (Lipinski definition) is 8. The van der Waals surface area contributed by atoms with E-state index in [-0.39, 0.29) is 0 Å². The number of furan rings is 1. The Bertz CT molecular complexity index is 8350. The van der Waals surface area contributed by atoms with E-state index in [4.69, 9.17) is 34.3 Å². The second-order valence-electron chi connectivity index (χ2n) is 33.4. The molecule has 25 rings (SSSR count). The van der Waals surface area contributed by atoms with Gasteiger partial charge in [0.25, 0.3) is 0 Å². The summed E-state index contributed by atoms with van der Waals surface area (Å²) in [6.07, 6.45) is 0. The predicted molar refractivity (Wildman–Crippen MR) is 525 cm³/mol. The van der Waals surface area contributed by atoms with Crippen LogP contribution in [0.3, 0.4) is 0 Å². The molecule has 128 heavy (non-hydrogen) atoms. The third kappa shape index (κ3) is 12.2. The Morgan fingerprint density at radius 2 is 0.555 bits per heavy atom. The fourth-order valence-corrected chi connectivity index (χ4v) is 21.5. The second-order valence-corrected chi connectivity index (χ2v) is 34.5. The molecule has 596 valence electrons. The Morgan fingerprint density at radius 3 is 1.21 bits per heavy atom. The molecule has 0 N–H and O–H groups in total. The fourth-order valence-electron chi connectivity index (χ4n) is 20.5. The van der Waals surface area contributed by atoms with E-state index in [0.29, 0.717) is 34.9 Å². The molecule has 23 aromatic rings. The van der Waals surface area contributed by atoms with E-state index in [1.807, 2.05) is 41.7 Å². The summed E-state index contributed by atoms with van der Waals surface area (Å²) in [7, 11) is 0.